The average Bonchev–Trinajstić information content (AvgIpc) is 2.30. The smallest absolute Gasteiger partial charge is 0.0468 e. The molecule has 1 heterocycles. The molecule has 0 spiro atoms. The van der Waals surface area contributed by atoms with Crippen LogP contribution in [-0.4, -0.2) is 19.8 Å². The van der Waals surface area contributed by atoms with Gasteiger partial charge in [0.25, 0.3) is 0 Å². The zero-order valence-corrected chi connectivity index (χ0v) is 9.95. The van der Waals surface area contributed by atoms with Crippen molar-refractivity contribution in [2.24, 2.45) is 29.4 Å². The summed E-state index contributed by atoms with van der Waals surface area (Å²) in [6, 6.07) is 0. The van der Waals surface area contributed by atoms with Crippen molar-refractivity contribution >= 4 is 0 Å². The van der Waals surface area contributed by atoms with E-state index in [0.29, 0.717) is 0 Å². The summed E-state index contributed by atoms with van der Waals surface area (Å²) < 4.78 is 5.45. The first-order chi connectivity index (χ1) is 7.31. The minimum atomic E-state index is 0.796. The van der Waals surface area contributed by atoms with Crippen molar-refractivity contribution in [1.29, 1.82) is 0 Å². The van der Waals surface area contributed by atoms with Crippen molar-refractivity contribution < 1.29 is 4.74 Å². The van der Waals surface area contributed by atoms with Crippen LogP contribution >= 0.6 is 0 Å². The van der Waals surface area contributed by atoms with Crippen LogP contribution in [0.3, 0.4) is 0 Å². The minimum Gasteiger partial charge on any atom is -0.381 e. The van der Waals surface area contributed by atoms with Gasteiger partial charge in [0.05, 0.1) is 0 Å². The fraction of sp³-hybridized carbons (Fsp3) is 1.00. The van der Waals surface area contributed by atoms with E-state index in [-0.39, 0.29) is 0 Å². The van der Waals surface area contributed by atoms with Crippen molar-refractivity contribution in [3.05, 3.63) is 0 Å². The van der Waals surface area contributed by atoms with Crippen LogP contribution in [0.2, 0.25) is 0 Å². The zero-order valence-electron chi connectivity index (χ0n) is 9.95. The van der Waals surface area contributed by atoms with Crippen LogP contribution in [0.1, 0.15) is 39.0 Å². The zero-order chi connectivity index (χ0) is 10.7. The first-order valence-electron chi connectivity index (χ1n) is 6.59. The Kier molecular flexibility index (Phi) is 4.04. The van der Waals surface area contributed by atoms with E-state index in [0.717, 1.165) is 43.4 Å². The van der Waals surface area contributed by atoms with Crippen LogP contribution in [0, 0.1) is 23.7 Å². The maximum absolute atomic E-state index is 5.91. The Morgan fingerprint density at radius 3 is 2.53 bits per heavy atom. The third-order valence-electron chi connectivity index (χ3n) is 4.48. The largest absolute Gasteiger partial charge is 0.381 e. The third kappa shape index (κ3) is 2.73. The molecule has 88 valence electrons. The Hall–Kier alpha value is -0.0800. The van der Waals surface area contributed by atoms with Gasteiger partial charge < -0.3 is 10.5 Å². The fourth-order valence-electron chi connectivity index (χ4n) is 3.50. The van der Waals surface area contributed by atoms with Crippen molar-refractivity contribution in [2.75, 3.05) is 19.8 Å². The monoisotopic (exact) mass is 211 g/mol. The minimum absolute atomic E-state index is 0.796. The van der Waals surface area contributed by atoms with E-state index < -0.39 is 0 Å². The van der Waals surface area contributed by atoms with Gasteiger partial charge in [-0.3, -0.25) is 0 Å². The molecule has 0 radical (unpaired) electrons. The SMILES string of the molecule is CC1CCC(CN)C(C2CCOCC2)C1. The van der Waals surface area contributed by atoms with Crippen LogP contribution in [0.25, 0.3) is 0 Å². The number of hydrogen-bond acceptors (Lipinski definition) is 2. The van der Waals surface area contributed by atoms with Gasteiger partial charge in [0.15, 0.2) is 0 Å². The topological polar surface area (TPSA) is 35.2 Å². The van der Waals surface area contributed by atoms with Gasteiger partial charge in [-0.15, -0.1) is 0 Å². The van der Waals surface area contributed by atoms with Gasteiger partial charge in [-0.25, -0.2) is 0 Å². The van der Waals surface area contributed by atoms with Crippen LogP contribution in [0.5, 0.6) is 0 Å². The number of ether oxygens (including phenoxy) is 1. The number of nitrogens with two attached hydrogens (primary N) is 1. The van der Waals surface area contributed by atoms with E-state index in [2.05, 4.69) is 6.92 Å². The predicted octanol–water partition coefficient (Wildman–Crippen LogP) is 2.42. The van der Waals surface area contributed by atoms with Crippen molar-refractivity contribution in [3.63, 3.8) is 0 Å². The summed E-state index contributed by atoms with van der Waals surface area (Å²) >= 11 is 0. The van der Waals surface area contributed by atoms with Gasteiger partial charge in [0.2, 0.25) is 0 Å². The highest BCUT2D eigenvalue weighted by molar-refractivity contribution is 4.84. The summed E-state index contributed by atoms with van der Waals surface area (Å²) in [5.74, 6) is 3.50. The van der Waals surface area contributed by atoms with Crippen molar-refractivity contribution in [1.82, 2.24) is 0 Å². The fourth-order valence-corrected chi connectivity index (χ4v) is 3.50. The molecule has 2 nitrogen and oxygen atoms in total. The molecule has 2 aliphatic rings. The van der Waals surface area contributed by atoms with E-state index in [1.54, 1.807) is 0 Å². The molecule has 2 heteroatoms. The van der Waals surface area contributed by atoms with Crippen LogP contribution in [-0.2, 0) is 4.74 Å². The molecule has 2 N–H and O–H groups in total. The lowest BCUT2D eigenvalue weighted by atomic mass is 9.67. The molecule has 3 unspecified atom stereocenters. The number of rotatable bonds is 2. The molecule has 0 amide bonds. The summed E-state index contributed by atoms with van der Waals surface area (Å²) in [5.41, 5.74) is 5.91. The predicted molar refractivity (Wildman–Crippen MR) is 62.6 cm³/mol. The molecule has 1 saturated carbocycles. The summed E-state index contributed by atoms with van der Waals surface area (Å²) in [4.78, 5) is 0. The van der Waals surface area contributed by atoms with E-state index in [1.807, 2.05) is 0 Å². The molecule has 0 aromatic heterocycles. The normalized spacial score (nSPS) is 39.2. The average molecular weight is 211 g/mol. The molecule has 3 atom stereocenters. The van der Waals surface area contributed by atoms with Gasteiger partial charge in [-0.2, -0.15) is 0 Å². The third-order valence-corrected chi connectivity index (χ3v) is 4.48. The van der Waals surface area contributed by atoms with Crippen molar-refractivity contribution in [3.8, 4) is 0 Å². The highest BCUT2D eigenvalue weighted by Crippen LogP contribution is 2.40. The Balaban J connectivity index is 1.95. The summed E-state index contributed by atoms with van der Waals surface area (Å²) in [7, 11) is 0. The summed E-state index contributed by atoms with van der Waals surface area (Å²) in [5, 5.41) is 0. The highest BCUT2D eigenvalue weighted by atomic mass is 16.5. The van der Waals surface area contributed by atoms with Crippen LogP contribution in [0.15, 0.2) is 0 Å². The second-order valence-corrected chi connectivity index (χ2v) is 5.53. The lowest BCUT2D eigenvalue weighted by Crippen LogP contribution is -2.36. The molecule has 1 saturated heterocycles. The molecule has 0 aromatic rings. The quantitative estimate of drug-likeness (QED) is 0.761. The van der Waals surface area contributed by atoms with Crippen LogP contribution < -0.4 is 5.73 Å². The maximum atomic E-state index is 5.91. The molecule has 15 heavy (non-hydrogen) atoms. The van der Waals surface area contributed by atoms with Crippen LogP contribution in [0.4, 0.5) is 0 Å². The lowest BCUT2D eigenvalue weighted by Gasteiger charge is -2.40. The van der Waals surface area contributed by atoms with Gasteiger partial charge in [-0.1, -0.05) is 13.3 Å². The summed E-state index contributed by atoms with van der Waals surface area (Å²) in [6.45, 7) is 5.26. The molecule has 0 bridgehead atoms. The molecule has 0 aromatic carbocycles. The van der Waals surface area contributed by atoms with Gasteiger partial charge in [-0.05, 0) is 55.9 Å². The molecular formula is C13H25NO. The van der Waals surface area contributed by atoms with Gasteiger partial charge >= 0.3 is 0 Å². The van der Waals surface area contributed by atoms with Gasteiger partial charge in [0.1, 0.15) is 0 Å². The maximum Gasteiger partial charge on any atom is 0.0468 e. The first kappa shape index (κ1) is 11.4. The Labute approximate surface area is 93.6 Å². The Morgan fingerprint density at radius 1 is 1.13 bits per heavy atom. The standard InChI is InChI=1S/C13H25NO/c1-10-2-3-12(9-14)13(8-10)11-4-6-15-7-5-11/h10-13H,2-9,14H2,1H3. The summed E-state index contributed by atoms with van der Waals surface area (Å²) in [6.07, 6.45) is 6.70. The Morgan fingerprint density at radius 2 is 1.87 bits per heavy atom. The van der Waals surface area contributed by atoms with E-state index in [4.69, 9.17) is 10.5 Å². The van der Waals surface area contributed by atoms with Crippen molar-refractivity contribution in [2.45, 2.75) is 39.0 Å². The number of hydrogen-bond donors (Lipinski definition) is 1. The Bertz CT molecular complexity index is 189. The lowest BCUT2D eigenvalue weighted by molar-refractivity contribution is 0.0174. The molecule has 1 aliphatic carbocycles. The van der Waals surface area contributed by atoms with E-state index >= 15 is 0 Å². The van der Waals surface area contributed by atoms with Gasteiger partial charge in [0, 0.05) is 13.2 Å². The highest BCUT2D eigenvalue weighted by Gasteiger charge is 2.34. The van der Waals surface area contributed by atoms with E-state index in [9.17, 15) is 0 Å². The first-order valence-corrected chi connectivity index (χ1v) is 6.59. The van der Waals surface area contributed by atoms with E-state index in [1.165, 1.54) is 32.1 Å². The second kappa shape index (κ2) is 5.31. The molecular weight excluding hydrogens is 186 g/mol. The molecule has 2 rings (SSSR count). The molecule has 1 aliphatic heterocycles. The molecule has 2 fully saturated rings. The second-order valence-electron chi connectivity index (χ2n) is 5.53.